The van der Waals surface area contributed by atoms with Crippen LogP contribution in [-0.2, 0) is 6.54 Å². The Morgan fingerprint density at radius 2 is 1.84 bits per heavy atom. The van der Waals surface area contributed by atoms with Crippen LogP contribution in [0.3, 0.4) is 0 Å². The first kappa shape index (κ1) is 14.8. The normalized spacial score (nSPS) is 10.6. The maximum absolute atomic E-state index is 13.8. The molecule has 0 unspecified atom stereocenters. The van der Waals surface area contributed by atoms with Crippen molar-refractivity contribution in [1.82, 2.24) is 0 Å². The number of benzene rings is 2. The monoisotopic (exact) mass is 409 g/mol. The van der Waals surface area contributed by atoms with E-state index in [2.05, 4.69) is 37.2 Å². The third kappa shape index (κ3) is 3.27. The van der Waals surface area contributed by atoms with Crippen molar-refractivity contribution in [3.8, 4) is 0 Å². The zero-order chi connectivity index (χ0) is 14.0. The Morgan fingerprint density at radius 3 is 2.58 bits per heavy atom. The van der Waals surface area contributed by atoms with Crippen LogP contribution in [0, 0.1) is 11.6 Å². The maximum Gasteiger partial charge on any atom is 0.145 e. The van der Waals surface area contributed by atoms with Gasteiger partial charge in [-0.05, 0) is 56.1 Å². The molecule has 0 saturated carbocycles. The fourth-order valence-corrected chi connectivity index (χ4v) is 2.51. The van der Waals surface area contributed by atoms with E-state index in [-0.39, 0.29) is 16.6 Å². The predicted octanol–water partition coefficient (Wildman–Crippen LogP) is 5.76. The third-order valence-electron chi connectivity index (χ3n) is 2.55. The van der Waals surface area contributed by atoms with E-state index in [4.69, 9.17) is 11.6 Å². The Labute approximate surface area is 131 Å². The molecule has 0 aliphatic heterocycles. The first-order valence-electron chi connectivity index (χ1n) is 5.31. The summed E-state index contributed by atoms with van der Waals surface area (Å²) in [4.78, 5) is 0. The van der Waals surface area contributed by atoms with Gasteiger partial charge in [-0.1, -0.05) is 17.7 Å². The van der Waals surface area contributed by atoms with Crippen molar-refractivity contribution in [3.63, 3.8) is 0 Å². The van der Waals surface area contributed by atoms with E-state index >= 15 is 0 Å². The Hall–Kier alpha value is -0.650. The summed E-state index contributed by atoms with van der Waals surface area (Å²) >= 11 is 12.3. The van der Waals surface area contributed by atoms with Gasteiger partial charge in [0.25, 0.3) is 0 Å². The molecule has 0 radical (unpaired) electrons. The summed E-state index contributed by atoms with van der Waals surface area (Å²) in [6.07, 6.45) is 0. The first-order chi connectivity index (χ1) is 9.00. The van der Waals surface area contributed by atoms with E-state index in [0.29, 0.717) is 15.2 Å². The van der Waals surface area contributed by atoms with Crippen LogP contribution in [0.2, 0.25) is 5.02 Å². The molecule has 0 fully saturated rings. The first-order valence-corrected chi connectivity index (χ1v) is 7.27. The van der Waals surface area contributed by atoms with Gasteiger partial charge in [0.1, 0.15) is 11.6 Å². The standard InChI is InChI=1S/C13H8Br2ClF2N/c14-8-4-5-10(17)7(13(8)18)6-19-11-3-1-2-9(16)12(11)15/h1-5,19H,6H2. The van der Waals surface area contributed by atoms with Crippen molar-refractivity contribution in [2.45, 2.75) is 6.54 Å². The van der Waals surface area contributed by atoms with Gasteiger partial charge in [-0.15, -0.1) is 0 Å². The second-order valence-corrected chi connectivity index (χ2v) is 5.83. The summed E-state index contributed by atoms with van der Waals surface area (Å²) in [6, 6.07) is 7.80. The van der Waals surface area contributed by atoms with Crippen LogP contribution in [0.25, 0.3) is 0 Å². The molecule has 2 aromatic rings. The highest BCUT2D eigenvalue weighted by atomic mass is 79.9. The molecule has 0 bridgehead atoms. The number of anilines is 1. The Balaban J connectivity index is 2.24. The minimum atomic E-state index is -0.606. The van der Waals surface area contributed by atoms with Gasteiger partial charge < -0.3 is 5.32 Å². The quantitative estimate of drug-likeness (QED) is 0.634. The summed E-state index contributed by atoms with van der Waals surface area (Å²) < 4.78 is 28.2. The second kappa shape index (κ2) is 6.20. The van der Waals surface area contributed by atoms with Crippen molar-refractivity contribution in [1.29, 1.82) is 0 Å². The summed E-state index contributed by atoms with van der Waals surface area (Å²) in [5.41, 5.74) is 0.646. The molecule has 0 aromatic heterocycles. The highest BCUT2D eigenvalue weighted by Gasteiger charge is 2.12. The molecular weight excluding hydrogens is 403 g/mol. The van der Waals surface area contributed by atoms with Gasteiger partial charge >= 0.3 is 0 Å². The highest BCUT2D eigenvalue weighted by molar-refractivity contribution is 9.11. The molecule has 100 valence electrons. The fraction of sp³-hybridized carbons (Fsp3) is 0.0769. The van der Waals surface area contributed by atoms with Gasteiger partial charge in [0.15, 0.2) is 0 Å². The van der Waals surface area contributed by atoms with E-state index in [1.54, 1.807) is 18.2 Å². The molecule has 0 heterocycles. The Bertz CT molecular complexity index is 620. The molecule has 0 saturated heterocycles. The zero-order valence-corrected chi connectivity index (χ0v) is 13.4. The molecule has 0 aliphatic carbocycles. The van der Waals surface area contributed by atoms with Crippen molar-refractivity contribution in [2.24, 2.45) is 0 Å². The van der Waals surface area contributed by atoms with Crippen molar-refractivity contribution in [3.05, 3.63) is 61.5 Å². The molecule has 0 atom stereocenters. The molecule has 0 spiro atoms. The van der Waals surface area contributed by atoms with Crippen LogP contribution < -0.4 is 5.32 Å². The minimum Gasteiger partial charge on any atom is -0.380 e. The average Bonchev–Trinajstić information content (AvgIpc) is 2.39. The lowest BCUT2D eigenvalue weighted by molar-refractivity contribution is 0.555. The number of halogens is 5. The van der Waals surface area contributed by atoms with Crippen molar-refractivity contribution >= 4 is 49.1 Å². The lowest BCUT2D eigenvalue weighted by Crippen LogP contribution is -2.05. The summed E-state index contributed by atoms with van der Waals surface area (Å²) in [6.45, 7) is 0.0239. The van der Waals surface area contributed by atoms with E-state index in [1.807, 2.05) is 0 Å². The average molecular weight is 411 g/mol. The molecule has 1 N–H and O–H groups in total. The molecule has 2 aromatic carbocycles. The molecule has 2 rings (SSSR count). The van der Waals surface area contributed by atoms with Gasteiger partial charge in [0.05, 0.1) is 19.7 Å². The van der Waals surface area contributed by atoms with E-state index in [0.717, 1.165) is 0 Å². The lowest BCUT2D eigenvalue weighted by atomic mass is 10.2. The number of hydrogen-bond acceptors (Lipinski definition) is 1. The van der Waals surface area contributed by atoms with E-state index in [9.17, 15) is 8.78 Å². The topological polar surface area (TPSA) is 12.0 Å². The van der Waals surface area contributed by atoms with E-state index < -0.39 is 11.6 Å². The van der Waals surface area contributed by atoms with Gasteiger partial charge in [-0.2, -0.15) is 0 Å². The maximum atomic E-state index is 13.8. The summed E-state index contributed by atoms with van der Waals surface area (Å²) in [5.74, 6) is -1.20. The zero-order valence-electron chi connectivity index (χ0n) is 9.48. The van der Waals surface area contributed by atoms with Crippen LogP contribution in [-0.4, -0.2) is 0 Å². The Kier molecular flexibility index (Phi) is 4.81. The number of nitrogens with one attached hydrogen (secondary N) is 1. The largest absolute Gasteiger partial charge is 0.380 e. The highest BCUT2D eigenvalue weighted by Crippen LogP contribution is 2.31. The molecule has 6 heteroatoms. The fourth-order valence-electron chi connectivity index (χ4n) is 1.56. The van der Waals surface area contributed by atoms with Crippen molar-refractivity contribution < 1.29 is 8.78 Å². The number of rotatable bonds is 3. The third-order valence-corrected chi connectivity index (χ3v) is 4.56. The smallest absolute Gasteiger partial charge is 0.145 e. The SMILES string of the molecule is Fc1ccc(Br)c(F)c1CNc1cccc(Cl)c1Br. The molecular formula is C13H8Br2ClF2N. The summed E-state index contributed by atoms with van der Waals surface area (Å²) in [5, 5.41) is 3.47. The van der Waals surface area contributed by atoms with Gasteiger partial charge in [-0.3, -0.25) is 0 Å². The van der Waals surface area contributed by atoms with Crippen LogP contribution in [0.15, 0.2) is 39.3 Å². The number of hydrogen-bond donors (Lipinski definition) is 1. The summed E-state index contributed by atoms with van der Waals surface area (Å²) in [7, 11) is 0. The van der Waals surface area contributed by atoms with Crippen molar-refractivity contribution in [2.75, 3.05) is 5.32 Å². The van der Waals surface area contributed by atoms with Crippen LogP contribution in [0.5, 0.6) is 0 Å². The van der Waals surface area contributed by atoms with Gasteiger partial charge in [-0.25, -0.2) is 8.78 Å². The van der Waals surface area contributed by atoms with E-state index in [1.165, 1.54) is 12.1 Å². The molecule has 19 heavy (non-hydrogen) atoms. The lowest BCUT2D eigenvalue weighted by Gasteiger charge is -2.11. The van der Waals surface area contributed by atoms with Gasteiger partial charge in [0.2, 0.25) is 0 Å². The molecule has 0 amide bonds. The minimum absolute atomic E-state index is 0.0239. The molecule has 1 nitrogen and oxygen atoms in total. The van der Waals surface area contributed by atoms with Crippen LogP contribution >= 0.6 is 43.5 Å². The predicted molar refractivity (Wildman–Crippen MR) is 80.5 cm³/mol. The molecule has 0 aliphatic rings. The van der Waals surface area contributed by atoms with Gasteiger partial charge in [0, 0.05) is 12.1 Å². The van der Waals surface area contributed by atoms with Crippen LogP contribution in [0.1, 0.15) is 5.56 Å². The van der Waals surface area contributed by atoms with Crippen LogP contribution in [0.4, 0.5) is 14.5 Å². The second-order valence-electron chi connectivity index (χ2n) is 3.78. The Morgan fingerprint density at radius 1 is 1.11 bits per heavy atom.